The van der Waals surface area contributed by atoms with Crippen molar-refractivity contribution >= 4 is 27.5 Å². The molecule has 48 heavy (non-hydrogen) atoms. The maximum Gasteiger partial charge on any atom is 0.0143 e. The van der Waals surface area contributed by atoms with Crippen molar-refractivity contribution in [2.45, 2.75) is 0 Å². The first kappa shape index (κ1) is 28.3. The first-order valence-corrected chi connectivity index (χ1v) is 16.9. The lowest BCUT2D eigenvalue weighted by Gasteiger charge is -2.35. The number of benzene rings is 7. The molecule has 0 amide bonds. The minimum atomic E-state index is 0.160. The molecule has 2 aliphatic rings. The van der Waals surface area contributed by atoms with Gasteiger partial charge in [0.2, 0.25) is 0 Å². The molecule has 0 heteroatoms. The summed E-state index contributed by atoms with van der Waals surface area (Å²) in [5.74, 6) is 0.352. The quantitative estimate of drug-likeness (QED) is 0.182. The molecule has 2 aliphatic carbocycles. The zero-order valence-electron chi connectivity index (χ0n) is 26.6. The summed E-state index contributed by atoms with van der Waals surface area (Å²) in [4.78, 5) is 0. The molecule has 9 rings (SSSR count). The zero-order chi connectivity index (χ0) is 31.9. The molecule has 0 heterocycles. The van der Waals surface area contributed by atoms with Crippen LogP contribution in [0.2, 0.25) is 0 Å². The van der Waals surface area contributed by atoms with E-state index in [1.165, 1.54) is 76.9 Å². The van der Waals surface area contributed by atoms with E-state index in [0.717, 1.165) is 0 Å². The molecular weight excluding hydrogens is 577 g/mol. The summed E-state index contributed by atoms with van der Waals surface area (Å²) < 4.78 is 0. The van der Waals surface area contributed by atoms with Crippen LogP contribution in [0.5, 0.6) is 0 Å². The molecule has 2 atom stereocenters. The smallest absolute Gasteiger partial charge is 0.0143 e. The van der Waals surface area contributed by atoms with Gasteiger partial charge < -0.3 is 0 Å². The topological polar surface area (TPSA) is 0 Å². The van der Waals surface area contributed by atoms with E-state index in [1.54, 1.807) is 0 Å². The van der Waals surface area contributed by atoms with E-state index >= 15 is 0 Å². The average Bonchev–Trinajstić information content (AvgIpc) is 3.17. The summed E-state index contributed by atoms with van der Waals surface area (Å²) in [6.07, 6.45) is 7.33. The molecule has 0 nitrogen and oxygen atoms in total. The van der Waals surface area contributed by atoms with Crippen LogP contribution in [0.3, 0.4) is 0 Å². The molecule has 0 fully saturated rings. The SMILES string of the molecule is C1=CC2C(c3ccc4ccccc4c3)=c3ccccc3=C(c3ccc(-c4ccccc4)c(-c4ccccc4)c3)C2C=C1c1ccccc1. The van der Waals surface area contributed by atoms with Gasteiger partial charge in [0.1, 0.15) is 0 Å². The number of hydrogen-bond donors (Lipinski definition) is 0. The lowest BCUT2D eigenvalue weighted by atomic mass is 9.68. The van der Waals surface area contributed by atoms with Crippen LogP contribution in [-0.2, 0) is 0 Å². The van der Waals surface area contributed by atoms with E-state index in [-0.39, 0.29) is 11.8 Å². The summed E-state index contributed by atoms with van der Waals surface area (Å²) in [7, 11) is 0. The van der Waals surface area contributed by atoms with E-state index in [9.17, 15) is 0 Å². The Morgan fingerprint density at radius 1 is 0.333 bits per heavy atom. The van der Waals surface area contributed by atoms with Crippen molar-refractivity contribution in [1.29, 1.82) is 0 Å². The van der Waals surface area contributed by atoms with Crippen molar-refractivity contribution in [2.75, 3.05) is 0 Å². The fourth-order valence-corrected chi connectivity index (χ4v) is 7.84. The van der Waals surface area contributed by atoms with Crippen LogP contribution in [0.1, 0.15) is 16.7 Å². The molecule has 7 aromatic rings. The van der Waals surface area contributed by atoms with Gasteiger partial charge in [-0.05, 0) is 89.0 Å². The number of fused-ring (bicyclic) bond motifs is 3. The molecule has 226 valence electrons. The largest absolute Gasteiger partial charge is 0.0754 e. The first-order valence-electron chi connectivity index (χ1n) is 16.9. The second kappa shape index (κ2) is 12.0. The summed E-state index contributed by atoms with van der Waals surface area (Å²) in [5.41, 5.74) is 12.8. The standard InChI is InChI=1S/C48H34/c1-4-14-33(15-5-1)38-26-29-44-46(31-38)48(40-27-28-41(35-17-6-2-7-18-35)45(32-40)36-19-8-3-9-20-36)43-23-13-12-22-42(43)47(44)39-25-24-34-16-10-11-21-37(34)30-39/h1-32,44,46H. The Labute approximate surface area is 282 Å². The van der Waals surface area contributed by atoms with E-state index in [0.29, 0.717) is 0 Å². The Morgan fingerprint density at radius 2 is 0.854 bits per heavy atom. The predicted octanol–water partition coefficient (Wildman–Crippen LogP) is 10.5. The second-order valence-corrected chi connectivity index (χ2v) is 12.8. The van der Waals surface area contributed by atoms with Gasteiger partial charge >= 0.3 is 0 Å². The zero-order valence-corrected chi connectivity index (χ0v) is 26.6. The summed E-state index contributed by atoms with van der Waals surface area (Å²) in [6.45, 7) is 0. The van der Waals surface area contributed by atoms with Crippen molar-refractivity contribution in [2.24, 2.45) is 11.8 Å². The Morgan fingerprint density at radius 3 is 1.54 bits per heavy atom. The van der Waals surface area contributed by atoms with Gasteiger partial charge in [0.05, 0.1) is 0 Å². The normalized spacial score (nSPS) is 16.7. The molecular formula is C48H34. The van der Waals surface area contributed by atoms with Gasteiger partial charge in [-0.3, -0.25) is 0 Å². The second-order valence-electron chi connectivity index (χ2n) is 12.8. The average molecular weight is 611 g/mol. The fraction of sp³-hybridized carbons (Fsp3) is 0.0417. The summed E-state index contributed by atoms with van der Waals surface area (Å²) >= 11 is 0. The molecule has 0 aliphatic heterocycles. The van der Waals surface area contributed by atoms with Gasteiger partial charge in [0, 0.05) is 11.8 Å². The molecule has 0 aromatic heterocycles. The number of rotatable bonds is 5. The van der Waals surface area contributed by atoms with Gasteiger partial charge in [-0.1, -0.05) is 182 Å². The van der Waals surface area contributed by atoms with Crippen LogP contribution in [0.15, 0.2) is 194 Å². The van der Waals surface area contributed by atoms with Gasteiger partial charge in [0.15, 0.2) is 0 Å². The maximum absolute atomic E-state index is 2.53. The van der Waals surface area contributed by atoms with Gasteiger partial charge in [-0.2, -0.15) is 0 Å². The molecule has 2 unspecified atom stereocenters. The van der Waals surface area contributed by atoms with E-state index in [2.05, 4.69) is 194 Å². The molecule has 0 N–H and O–H groups in total. The van der Waals surface area contributed by atoms with Gasteiger partial charge in [-0.15, -0.1) is 0 Å². The van der Waals surface area contributed by atoms with Crippen molar-refractivity contribution < 1.29 is 0 Å². The molecule has 0 saturated carbocycles. The lowest BCUT2D eigenvalue weighted by Crippen LogP contribution is -2.40. The number of allylic oxidation sites excluding steroid dienone is 4. The fourth-order valence-electron chi connectivity index (χ4n) is 7.84. The summed E-state index contributed by atoms with van der Waals surface area (Å²) in [5, 5.41) is 5.17. The highest BCUT2D eigenvalue weighted by Crippen LogP contribution is 2.44. The van der Waals surface area contributed by atoms with Crippen LogP contribution in [-0.4, -0.2) is 0 Å². The van der Waals surface area contributed by atoms with Crippen LogP contribution < -0.4 is 10.4 Å². The third-order valence-electron chi connectivity index (χ3n) is 10.1. The maximum atomic E-state index is 2.53. The van der Waals surface area contributed by atoms with Crippen LogP contribution in [0.25, 0.3) is 49.7 Å². The highest BCUT2D eigenvalue weighted by atomic mass is 14.4. The third-order valence-corrected chi connectivity index (χ3v) is 10.1. The van der Waals surface area contributed by atoms with Crippen molar-refractivity contribution in [3.63, 3.8) is 0 Å². The van der Waals surface area contributed by atoms with E-state index in [4.69, 9.17) is 0 Å². The monoisotopic (exact) mass is 610 g/mol. The highest BCUT2D eigenvalue weighted by molar-refractivity contribution is 5.92. The Hall–Kier alpha value is -5.98. The van der Waals surface area contributed by atoms with Crippen LogP contribution in [0, 0.1) is 11.8 Å². The Bertz CT molecular complexity index is 2480. The lowest BCUT2D eigenvalue weighted by molar-refractivity contribution is 0.689. The Kier molecular flexibility index (Phi) is 7.06. The van der Waals surface area contributed by atoms with Crippen molar-refractivity contribution in [3.8, 4) is 22.3 Å². The minimum Gasteiger partial charge on any atom is -0.0754 e. The minimum absolute atomic E-state index is 0.160. The molecule has 0 radical (unpaired) electrons. The van der Waals surface area contributed by atoms with Crippen molar-refractivity contribution in [3.05, 3.63) is 221 Å². The predicted molar refractivity (Wildman–Crippen MR) is 203 cm³/mol. The van der Waals surface area contributed by atoms with E-state index < -0.39 is 0 Å². The number of hydrogen-bond acceptors (Lipinski definition) is 0. The van der Waals surface area contributed by atoms with Crippen LogP contribution in [0.4, 0.5) is 0 Å². The highest BCUT2D eigenvalue weighted by Gasteiger charge is 2.33. The summed E-state index contributed by atoms with van der Waals surface area (Å²) in [6, 6.07) is 64.3. The van der Waals surface area contributed by atoms with E-state index in [1.807, 2.05) is 0 Å². The van der Waals surface area contributed by atoms with Gasteiger partial charge in [-0.25, -0.2) is 0 Å². The molecule has 0 bridgehead atoms. The van der Waals surface area contributed by atoms with Gasteiger partial charge in [0.25, 0.3) is 0 Å². The first-order chi connectivity index (χ1) is 23.8. The third kappa shape index (κ3) is 4.94. The van der Waals surface area contributed by atoms with Crippen LogP contribution >= 0.6 is 0 Å². The van der Waals surface area contributed by atoms with Crippen molar-refractivity contribution in [1.82, 2.24) is 0 Å². The molecule has 0 saturated heterocycles. The Balaban J connectivity index is 1.34. The molecule has 7 aromatic carbocycles. The molecule has 0 spiro atoms.